The number of anilines is 1. The molecule has 1 N–H and O–H groups in total. The lowest BCUT2D eigenvalue weighted by Crippen LogP contribution is -2.13. The Morgan fingerprint density at radius 3 is 2.81 bits per heavy atom. The maximum absolute atomic E-state index is 13.2. The molecule has 82 valence electrons. The Bertz CT molecular complexity index is 522. The highest BCUT2D eigenvalue weighted by Gasteiger charge is 2.15. The van der Waals surface area contributed by atoms with Crippen LogP contribution >= 0.6 is 0 Å². The minimum atomic E-state index is -0.514. The lowest BCUT2D eigenvalue weighted by Gasteiger charge is -2.03. The van der Waals surface area contributed by atoms with Gasteiger partial charge in [-0.15, -0.1) is 0 Å². The molecule has 1 aromatic heterocycles. The summed E-state index contributed by atoms with van der Waals surface area (Å²) in [5, 5.41) is 5.88. The van der Waals surface area contributed by atoms with Gasteiger partial charge in [-0.05, 0) is 19.1 Å². The van der Waals surface area contributed by atoms with Crippen LogP contribution in [-0.2, 0) is 0 Å². The van der Waals surface area contributed by atoms with Crippen molar-refractivity contribution < 1.29 is 13.7 Å². The molecule has 1 heterocycles. The number of benzene rings is 1. The van der Waals surface area contributed by atoms with E-state index in [-0.39, 0.29) is 11.4 Å². The van der Waals surface area contributed by atoms with E-state index < -0.39 is 11.7 Å². The number of aryl methyl sites for hydroxylation is 1. The highest BCUT2D eigenvalue weighted by molar-refractivity contribution is 6.03. The van der Waals surface area contributed by atoms with Crippen LogP contribution in [0.5, 0.6) is 0 Å². The summed E-state index contributed by atoms with van der Waals surface area (Å²) in [4.78, 5) is 11.6. The van der Waals surface area contributed by atoms with Gasteiger partial charge in [0.05, 0.1) is 11.9 Å². The Balaban J connectivity index is 2.21. The van der Waals surface area contributed by atoms with Crippen LogP contribution in [0.2, 0.25) is 0 Å². The summed E-state index contributed by atoms with van der Waals surface area (Å²) in [5.74, 6) is -0.920. The Kier molecular flexibility index (Phi) is 2.68. The molecule has 0 fully saturated rings. The maximum Gasteiger partial charge on any atom is 0.294 e. The Morgan fingerprint density at radius 2 is 2.19 bits per heavy atom. The van der Waals surface area contributed by atoms with Gasteiger partial charge in [-0.2, -0.15) is 0 Å². The topological polar surface area (TPSA) is 55.1 Å². The molecule has 5 heteroatoms. The average molecular weight is 220 g/mol. The lowest BCUT2D eigenvalue weighted by molar-refractivity contribution is 0.0986. The largest absolute Gasteiger partial charge is 0.351 e. The number of nitrogens with one attached hydrogen (secondary N) is 1. The van der Waals surface area contributed by atoms with Gasteiger partial charge in [0, 0.05) is 5.56 Å². The molecule has 0 aliphatic heterocycles. The summed E-state index contributed by atoms with van der Waals surface area (Å²) in [7, 11) is 0. The molecular formula is C11H9FN2O2. The number of halogens is 1. The average Bonchev–Trinajstić information content (AvgIpc) is 2.68. The van der Waals surface area contributed by atoms with Gasteiger partial charge in [0.25, 0.3) is 5.91 Å². The van der Waals surface area contributed by atoms with Crippen molar-refractivity contribution in [1.29, 1.82) is 0 Å². The summed E-state index contributed by atoms with van der Waals surface area (Å²) in [6.45, 7) is 1.69. The second kappa shape index (κ2) is 4.14. The highest BCUT2D eigenvalue weighted by atomic mass is 19.1. The fourth-order valence-corrected chi connectivity index (χ4v) is 1.25. The number of para-hydroxylation sites is 1. The zero-order chi connectivity index (χ0) is 11.5. The number of rotatable bonds is 2. The molecule has 0 bridgehead atoms. The molecule has 0 saturated heterocycles. The molecule has 1 amide bonds. The van der Waals surface area contributed by atoms with E-state index in [2.05, 4.69) is 10.5 Å². The Hall–Kier alpha value is -2.17. The highest BCUT2D eigenvalue weighted by Crippen LogP contribution is 2.15. The minimum absolute atomic E-state index is 0.0863. The van der Waals surface area contributed by atoms with Crippen LogP contribution in [0.1, 0.15) is 16.1 Å². The lowest BCUT2D eigenvalue weighted by atomic mass is 10.2. The van der Waals surface area contributed by atoms with Crippen LogP contribution in [0.15, 0.2) is 35.0 Å². The molecule has 0 spiro atoms. The van der Waals surface area contributed by atoms with Crippen LogP contribution in [0.4, 0.5) is 10.1 Å². The summed E-state index contributed by atoms with van der Waals surface area (Å²) in [6.07, 6.45) is 1.43. The van der Waals surface area contributed by atoms with Crippen LogP contribution < -0.4 is 5.32 Å². The molecule has 0 atom stereocenters. The van der Waals surface area contributed by atoms with Crippen molar-refractivity contribution in [2.75, 3.05) is 5.32 Å². The molecule has 1 aromatic carbocycles. The molecule has 0 aliphatic carbocycles. The molecule has 4 nitrogen and oxygen atoms in total. The molecule has 2 aromatic rings. The van der Waals surface area contributed by atoms with Crippen molar-refractivity contribution in [3.63, 3.8) is 0 Å². The number of carbonyl (C=O) groups is 1. The Labute approximate surface area is 91.1 Å². The van der Waals surface area contributed by atoms with Crippen molar-refractivity contribution in [1.82, 2.24) is 5.16 Å². The first-order valence-corrected chi connectivity index (χ1v) is 4.65. The first kappa shape index (κ1) is 10.4. The van der Waals surface area contributed by atoms with E-state index in [1.54, 1.807) is 19.1 Å². The number of amides is 1. The normalized spacial score (nSPS) is 10.1. The summed E-state index contributed by atoms with van der Waals surface area (Å²) in [6, 6.07) is 5.92. The number of aromatic nitrogens is 1. The van der Waals surface area contributed by atoms with E-state index in [0.717, 1.165) is 0 Å². The third-order valence-electron chi connectivity index (χ3n) is 2.08. The number of hydrogen-bond donors (Lipinski definition) is 1. The van der Waals surface area contributed by atoms with Gasteiger partial charge in [-0.25, -0.2) is 4.39 Å². The molecule has 2 rings (SSSR count). The van der Waals surface area contributed by atoms with E-state index in [4.69, 9.17) is 4.52 Å². The van der Waals surface area contributed by atoms with Gasteiger partial charge in [-0.1, -0.05) is 17.3 Å². The third-order valence-corrected chi connectivity index (χ3v) is 2.08. The quantitative estimate of drug-likeness (QED) is 0.845. The summed E-state index contributed by atoms with van der Waals surface area (Å²) < 4.78 is 18.0. The second-order valence-corrected chi connectivity index (χ2v) is 3.27. The van der Waals surface area contributed by atoms with Crippen molar-refractivity contribution in [3.8, 4) is 0 Å². The number of carbonyl (C=O) groups excluding carboxylic acids is 1. The number of hydrogen-bond acceptors (Lipinski definition) is 3. The molecule has 16 heavy (non-hydrogen) atoms. The van der Waals surface area contributed by atoms with E-state index >= 15 is 0 Å². The predicted molar refractivity (Wildman–Crippen MR) is 55.6 cm³/mol. The van der Waals surface area contributed by atoms with E-state index in [1.807, 2.05) is 0 Å². The standard InChI is InChI=1S/C11H9FN2O2/c1-7-6-13-16-10(7)11(15)14-9-5-3-2-4-8(9)12/h2-6H,1H3,(H,14,15). The summed E-state index contributed by atoms with van der Waals surface area (Å²) >= 11 is 0. The van der Waals surface area contributed by atoms with Crippen LogP contribution in [-0.4, -0.2) is 11.1 Å². The van der Waals surface area contributed by atoms with Gasteiger partial charge >= 0.3 is 0 Å². The SMILES string of the molecule is Cc1cnoc1C(=O)Nc1ccccc1F. The van der Waals surface area contributed by atoms with Crippen molar-refractivity contribution >= 4 is 11.6 Å². The first-order valence-electron chi connectivity index (χ1n) is 4.65. The first-order chi connectivity index (χ1) is 7.68. The minimum Gasteiger partial charge on any atom is -0.351 e. The summed E-state index contributed by atoms with van der Waals surface area (Å²) in [5.41, 5.74) is 0.720. The van der Waals surface area contributed by atoms with Crippen LogP contribution in [0.3, 0.4) is 0 Å². The van der Waals surface area contributed by atoms with Gasteiger partial charge in [0.15, 0.2) is 0 Å². The fourth-order valence-electron chi connectivity index (χ4n) is 1.25. The zero-order valence-corrected chi connectivity index (χ0v) is 8.53. The molecule has 0 radical (unpaired) electrons. The van der Waals surface area contributed by atoms with Crippen LogP contribution in [0, 0.1) is 12.7 Å². The van der Waals surface area contributed by atoms with Crippen LogP contribution in [0.25, 0.3) is 0 Å². The van der Waals surface area contributed by atoms with Crippen molar-refractivity contribution in [2.24, 2.45) is 0 Å². The molecule has 0 saturated carbocycles. The smallest absolute Gasteiger partial charge is 0.294 e. The van der Waals surface area contributed by atoms with E-state index in [0.29, 0.717) is 5.56 Å². The molecule has 0 unspecified atom stereocenters. The van der Waals surface area contributed by atoms with Gasteiger partial charge in [-0.3, -0.25) is 4.79 Å². The van der Waals surface area contributed by atoms with Gasteiger partial charge in [0.1, 0.15) is 5.82 Å². The van der Waals surface area contributed by atoms with Gasteiger partial charge < -0.3 is 9.84 Å². The zero-order valence-electron chi connectivity index (χ0n) is 8.53. The van der Waals surface area contributed by atoms with Crippen molar-refractivity contribution in [2.45, 2.75) is 6.92 Å². The van der Waals surface area contributed by atoms with Gasteiger partial charge in [0.2, 0.25) is 5.76 Å². The molecular weight excluding hydrogens is 211 g/mol. The predicted octanol–water partition coefficient (Wildman–Crippen LogP) is 2.37. The number of nitrogens with zero attached hydrogens (tertiary/aromatic N) is 1. The van der Waals surface area contributed by atoms with E-state index in [1.165, 1.54) is 18.3 Å². The molecule has 0 aliphatic rings. The van der Waals surface area contributed by atoms with Crippen molar-refractivity contribution in [3.05, 3.63) is 47.6 Å². The third kappa shape index (κ3) is 1.93. The van der Waals surface area contributed by atoms with E-state index in [9.17, 15) is 9.18 Å². The fraction of sp³-hybridized carbons (Fsp3) is 0.0909. The maximum atomic E-state index is 13.2. The monoisotopic (exact) mass is 220 g/mol. The second-order valence-electron chi connectivity index (χ2n) is 3.27. The Morgan fingerprint density at radius 1 is 1.44 bits per heavy atom.